The Hall–Kier alpha value is -2.60. The van der Waals surface area contributed by atoms with Crippen LogP contribution in [0.1, 0.15) is 76.6 Å². The van der Waals surface area contributed by atoms with E-state index in [0.29, 0.717) is 37.2 Å². The van der Waals surface area contributed by atoms with Gasteiger partial charge >= 0.3 is 5.97 Å². The number of halogens is 2. The second-order valence-electron chi connectivity index (χ2n) is 9.70. The summed E-state index contributed by atoms with van der Waals surface area (Å²) in [6.45, 7) is 5.97. The van der Waals surface area contributed by atoms with E-state index >= 15 is 0 Å². The summed E-state index contributed by atoms with van der Waals surface area (Å²) in [5.74, 6) is -0.343. The Kier molecular flexibility index (Phi) is 10.2. The number of aryl methyl sites for hydroxylation is 1. The van der Waals surface area contributed by atoms with E-state index < -0.39 is 12.0 Å². The summed E-state index contributed by atoms with van der Waals surface area (Å²) >= 11 is 14.7. The number of aromatic nitrogens is 3. The first-order chi connectivity index (χ1) is 19.1. The van der Waals surface area contributed by atoms with Crippen LogP contribution in [0.25, 0.3) is 0 Å². The number of fused-ring (bicyclic) bond motifs is 1. The Morgan fingerprint density at radius 1 is 1.15 bits per heavy atom. The minimum absolute atomic E-state index is 0.00179. The highest BCUT2D eigenvalue weighted by molar-refractivity contribution is 7.99. The molecule has 40 heavy (non-hydrogen) atoms. The Morgan fingerprint density at radius 3 is 2.60 bits per heavy atom. The Balaban J connectivity index is 1.44. The maximum atomic E-state index is 12.9. The fourth-order valence-corrected chi connectivity index (χ4v) is 6.79. The summed E-state index contributed by atoms with van der Waals surface area (Å²) in [4.78, 5) is 39.7. The first-order valence-electron chi connectivity index (χ1n) is 13.0. The molecule has 0 fully saturated rings. The number of thiophene rings is 1. The van der Waals surface area contributed by atoms with Gasteiger partial charge in [-0.25, -0.2) is 4.79 Å². The molecule has 0 unspecified atom stereocenters. The van der Waals surface area contributed by atoms with Gasteiger partial charge in [0.1, 0.15) is 5.00 Å². The maximum Gasteiger partial charge on any atom is 0.341 e. The molecule has 0 saturated carbocycles. The standard InChI is InChI=1S/C27H31Cl2N5O4S2/c1-5-38-26(37)21-16-8-6-7-9-19(16)40-25(21)30-20(35)13-39-27-33-32-23(34(27)4)22(14(2)3)31-24(36)15-10-11-17(28)18(29)12-15/h10-12,14,22H,5-9,13H2,1-4H3,(H,30,35)(H,31,36)/t22-/m0/s1. The van der Waals surface area contributed by atoms with Gasteiger partial charge in [-0.2, -0.15) is 0 Å². The van der Waals surface area contributed by atoms with Gasteiger partial charge in [0.15, 0.2) is 11.0 Å². The van der Waals surface area contributed by atoms with Gasteiger partial charge in [0, 0.05) is 17.5 Å². The predicted octanol–water partition coefficient (Wildman–Crippen LogP) is 6.10. The van der Waals surface area contributed by atoms with Crippen molar-refractivity contribution in [1.29, 1.82) is 0 Å². The van der Waals surface area contributed by atoms with Crippen molar-refractivity contribution in [2.45, 2.75) is 57.7 Å². The third kappa shape index (κ3) is 6.82. The van der Waals surface area contributed by atoms with Crippen LogP contribution in [0.5, 0.6) is 0 Å². The molecule has 4 rings (SSSR count). The topological polar surface area (TPSA) is 115 Å². The summed E-state index contributed by atoms with van der Waals surface area (Å²) in [5, 5.41) is 16.2. The molecule has 1 aromatic carbocycles. The molecular formula is C27H31Cl2N5O4S2. The van der Waals surface area contributed by atoms with E-state index in [4.69, 9.17) is 27.9 Å². The highest BCUT2D eigenvalue weighted by Crippen LogP contribution is 2.39. The number of thioether (sulfide) groups is 1. The minimum Gasteiger partial charge on any atom is -0.462 e. The molecule has 2 amide bonds. The zero-order valence-corrected chi connectivity index (χ0v) is 25.8. The number of nitrogens with zero attached hydrogens (tertiary/aromatic N) is 3. The number of benzene rings is 1. The average molecular weight is 625 g/mol. The summed E-state index contributed by atoms with van der Waals surface area (Å²) in [7, 11) is 1.79. The van der Waals surface area contributed by atoms with Crippen LogP contribution in [-0.4, -0.2) is 44.9 Å². The van der Waals surface area contributed by atoms with Crippen molar-refractivity contribution in [2.75, 3.05) is 17.7 Å². The third-order valence-electron chi connectivity index (χ3n) is 6.52. The molecule has 1 atom stereocenters. The van der Waals surface area contributed by atoms with Crippen molar-refractivity contribution in [3.05, 3.63) is 55.6 Å². The molecule has 13 heteroatoms. The van der Waals surface area contributed by atoms with Crippen molar-refractivity contribution < 1.29 is 19.1 Å². The molecule has 0 radical (unpaired) electrons. The minimum atomic E-state index is -0.438. The van der Waals surface area contributed by atoms with Crippen LogP contribution >= 0.6 is 46.3 Å². The quantitative estimate of drug-likeness (QED) is 0.207. The lowest BCUT2D eigenvalue weighted by molar-refractivity contribution is -0.113. The van der Waals surface area contributed by atoms with Crippen LogP contribution in [0.4, 0.5) is 5.00 Å². The summed E-state index contributed by atoms with van der Waals surface area (Å²) in [6, 6.07) is 4.26. The Labute approximate surface area is 251 Å². The molecule has 2 N–H and O–H groups in total. The number of anilines is 1. The van der Waals surface area contributed by atoms with E-state index in [1.54, 1.807) is 30.7 Å². The molecule has 0 saturated heterocycles. The van der Waals surface area contributed by atoms with Gasteiger partial charge < -0.3 is 19.9 Å². The molecule has 1 aliphatic rings. The van der Waals surface area contributed by atoms with Crippen molar-refractivity contribution in [1.82, 2.24) is 20.1 Å². The van der Waals surface area contributed by atoms with Crippen molar-refractivity contribution in [2.24, 2.45) is 13.0 Å². The van der Waals surface area contributed by atoms with Gasteiger partial charge in [0.2, 0.25) is 5.91 Å². The molecule has 0 aliphatic heterocycles. The van der Waals surface area contributed by atoms with Crippen LogP contribution in [-0.2, 0) is 29.4 Å². The van der Waals surface area contributed by atoms with E-state index in [0.717, 1.165) is 36.1 Å². The van der Waals surface area contributed by atoms with E-state index in [-0.39, 0.29) is 30.1 Å². The molecule has 214 valence electrons. The van der Waals surface area contributed by atoms with Gasteiger partial charge in [-0.05, 0) is 62.3 Å². The third-order valence-corrected chi connectivity index (χ3v) is 9.48. The number of hydrogen-bond acceptors (Lipinski definition) is 8. The maximum absolute atomic E-state index is 12.9. The molecule has 2 aromatic heterocycles. The van der Waals surface area contributed by atoms with E-state index in [9.17, 15) is 14.4 Å². The number of ether oxygens (including phenoxy) is 1. The number of nitrogens with one attached hydrogen (secondary N) is 2. The average Bonchev–Trinajstić information content (AvgIpc) is 3.46. The normalized spacial score (nSPS) is 13.6. The summed E-state index contributed by atoms with van der Waals surface area (Å²) in [6.07, 6.45) is 3.79. The molecule has 2 heterocycles. The monoisotopic (exact) mass is 623 g/mol. The van der Waals surface area contributed by atoms with Gasteiger partial charge in [-0.1, -0.05) is 48.8 Å². The largest absolute Gasteiger partial charge is 0.462 e. The summed E-state index contributed by atoms with van der Waals surface area (Å²) < 4.78 is 7.05. The smallest absolute Gasteiger partial charge is 0.341 e. The summed E-state index contributed by atoms with van der Waals surface area (Å²) in [5.41, 5.74) is 1.86. The van der Waals surface area contributed by atoms with Gasteiger partial charge in [-0.15, -0.1) is 21.5 Å². The molecule has 0 spiro atoms. The molecule has 9 nitrogen and oxygen atoms in total. The SMILES string of the molecule is CCOC(=O)c1c(NC(=O)CSc2nnc([C@@H](NC(=O)c3ccc(Cl)c(Cl)c3)C(C)C)n2C)sc2c1CCCC2. The van der Waals surface area contributed by atoms with E-state index in [1.165, 1.54) is 29.2 Å². The van der Waals surface area contributed by atoms with Crippen molar-refractivity contribution in [3.8, 4) is 0 Å². The molecule has 3 aromatic rings. The van der Waals surface area contributed by atoms with Crippen LogP contribution < -0.4 is 10.6 Å². The first-order valence-corrected chi connectivity index (χ1v) is 15.6. The fourth-order valence-electron chi connectivity index (χ4n) is 4.48. The van der Waals surface area contributed by atoms with Crippen LogP contribution in [0.2, 0.25) is 10.0 Å². The Morgan fingerprint density at radius 2 is 1.90 bits per heavy atom. The molecule has 0 bridgehead atoms. The van der Waals surface area contributed by atoms with Crippen LogP contribution in [0.15, 0.2) is 23.4 Å². The van der Waals surface area contributed by atoms with E-state index in [2.05, 4.69) is 20.8 Å². The predicted molar refractivity (Wildman–Crippen MR) is 159 cm³/mol. The number of esters is 1. The highest BCUT2D eigenvalue weighted by Gasteiger charge is 2.28. The zero-order valence-electron chi connectivity index (χ0n) is 22.7. The van der Waals surface area contributed by atoms with Gasteiger partial charge in [-0.3, -0.25) is 9.59 Å². The zero-order chi connectivity index (χ0) is 29.0. The highest BCUT2D eigenvalue weighted by atomic mass is 35.5. The van der Waals surface area contributed by atoms with Crippen LogP contribution in [0.3, 0.4) is 0 Å². The number of carbonyl (C=O) groups is 3. The Bertz CT molecular complexity index is 1420. The first kappa shape index (κ1) is 30.4. The van der Waals surface area contributed by atoms with Gasteiger partial charge in [0.05, 0.1) is 34.0 Å². The second-order valence-corrected chi connectivity index (χ2v) is 12.6. The lowest BCUT2D eigenvalue weighted by Crippen LogP contribution is -2.33. The van der Waals surface area contributed by atoms with Gasteiger partial charge in [0.25, 0.3) is 5.91 Å². The number of rotatable bonds is 10. The molecule has 1 aliphatic carbocycles. The fraction of sp³-hybridized carbons (Fsp3) is 0.444. The number of hydrogen-bond donors (Lipinski definition) is 2. The lowest BCUT2D eigenvalue weighted by atomic mass is 9.95. The number of amides is 2. The van der Waals surface area contributed by atoms with E-state index in [1.807, 2.05) is 13.8 Å². The van der Waals surface area contributed by atoms with Crippen molar-refractivity contribution in [3.63, 3.8) is 0 Å². The van der Waals surface area contributed by atoms with Crippen molar-refractivity contribution >= 4 is 69.1 Å². The lowest BCUT2D eigenvalue weighted by Gasteiger charge is -2.22. The number of carbonyl (C=O) groups excluding carboxylic acids is 3. The second kappa shape index (κ2) is 13.4. The van der Waals surface area contributed by atoms with Crippen LogP contribution in [0, 0.1) is 5.92 Å². The molecular weight excluding hydrogens is 593 g/mol.